The first kappa shape index (κ1) is 13.1. The van der Waals surface area contributed by atoms with E-state index in [4.69, 9.17) is 5.73 Å². The zero-order valence-corrected chi connectivity index (χ0v) is 10.9. The number of nitrogens with zero attached hydrogens (tertiary/aromatic N) is 1. The van der Waals surface area contributed by atoms with Gasteiger partial charge in [-0.25, -0.2) is 4.39 Å². The number of carbonyl (C=O) groups is 1. The third-order valence-electron chi connectivity index (χ3n) is 3.04. The van der Waals surface area contributed by atoms with Crippen LogP contribution in [0.25, 0.3) is 0 Å². The second-order valence-corrected chi connectivity index (χ2v) is 4.39. The molecule has 0 heterocycles. The lowest BCUT2D eigenvalue weighted by atomic mass is 10.1. The molecular formula is C15H15FN2O. The van der Waals surface area contributed by atoms with Crippen molar-refractivity contribution in [2.24, 2.45) is 0 Å². The Kier molecular flexibility index (Phi) is 3.51. The fraction of sp³-hybridized carbons (Fsp3) is 0.133. The van der Waals surface area contributed by atoms with E-state index in [2.05, 4.69) is 0 Å². The van der Waals surface area contributed by atoms with E-state index in [0.717, 1.165) is 5.56 Å². The molecule has 2 aromatic rings. The number of para-hydroxylation sites is 1. The zero-order chi connectivity index (χ0) is 14.0. The second-order valence-electron chi connectivity index (χ2n) is 4.39. The van der Waals surface area contributed by atoms with Crippen LogP contribution in [0.4, 0.5) is 15.8 Å². The minimum Gasteiger partial charge on any atom is -0.398 e. The average Bonchev–Trinajstić information content (AvgIpc) is 2.41. The molecule has 2 aromatic carbocycles. The highest BCUT2D eigenvalue weighted by atomic mass is 19.1. The molecule has 0 saturated heterocycles. The first-order chi connectivity index (χ1) is 9.00. The maximum Gasteiger partial charge on any atom is 0.258 e. The molecule has 4 heteroatoms. The van der Waals surface area contributed by atoms with Crippen LogP contribution in [-0.2, 0) is 0 Å². The Hall–Kier alpha value is -2.36. The van der Waals surface area contributed by atoms with E-state index in [1.165, 1.54) is 18.0 Å². The van der Waals surface area contributed by atoms with Gasteiger partial charge in [0, 0.05) is 18.3 Å². The molecule has 0 spiro atoms. The van der Waals surface area contributed by atoms with E-state index in [-0.39, 0.29) is 11.6 Å². The van der Waals surface area contributed by atoms with E-state index in [1.54, 1.807) is 36.4 Å². The third kappa shape index (κ3) is 2.57. The smallest absolute Gasteiger partial charge is 0.258 e. The normalized spacial score (nSPS) is 10.3. The van der Waals surface area contributed by atoms with Crippen molar-refractivity contribution in [3.63, 3.8) is 0 Å². The van der Waals surface area contributed by atoms with Gasteiger partial charge in [0.15, 0.2) is 0 Å². The van der Waals surface area contributed by atoms with E-state index in [1.807, 2.05) is 6.92 Å². The zero-order valence-electron chi connectivity index (χ0n) is 10.9. The molecule has 0 atom stereocenters. The highest BCUT2D eigenvalue weighted by Crippen LogP contribution is 2.21. The molecule has 0 bridgehead atoms. The Labute approximate surface area is 111 Å². The van der Waals surface area contributed by atoms with Gasteiger partial charge in [0.2, 0.25) is 0 Å². The molecule has 0 radical (unpaired) electrons. The Morgan fingerprint density at radius 2 is 1.89 bits per heavy atom. The number of halogens is 1. The minimum absolute atomic E-state index is 0.242. The van der Waals surface area contributed by atoms with E-state index >= 15 is 0 Å². The second kappa shape index (κ2) is 5.10. The first-order valence-corrected chi connectivity index (χ1v) is 5.89. The van der Waals surface area contributed by atoms with Crippen molar-refractivity contribution in [1.82, 2.24) is 0 Å². The lowest BCUT2D eigenvalue weighted by molar-refractivity contribution is 0.0992. The quantitative estimate of drug-likeness (QED) is 0.842. The number of hydrogen-bond acceptors (Lipinski definition) is 2. The van der Waals surface area contributed by atoms with Crippen LogP contribution in [0.5, 0.6) is 0 Å². The molecule has 2 N–H and O–H groups in total. The Bertz CT molecular complexity index is 625. The summed E-state index contributed by atoms with van der Waals surface area (Å²) in [6, 6.07) is 11.2. The summed E-state index contributed by atoms with van der Waals surface area (Å²) in [7, 11) is 1.54. The molecule has 0 aliphatic heterocycles. The molecule has 0 unspecified atom stereocenters. The highest BCUT2D eigenvalue weighted by molar-refractivity contribution is 6.06. The van der Waals surface area contributed by atoms with Crippen LogP contribution >= 0.6 is 0 Å². The molecule has 0 fully saturated rings. The van der Waals surface area contributed by atoms with Gasteiger partial charge in [-0.2, -0.15) is 0 Å². The maximum absolute atomic E-state index is 13.6. The Balaban J connectivity index is 2.34. The van der Waals surface area contributed by atoms with Gasteiger partial charge < -0.3 is 10.6 Å². The van der Waals surface area contributed by atoms with E-state index in [0.29, 0.717) is 11.3 Å². The van der Waals surface area contributed by atoms with Crippen molar-refractivity contribution in [3.8, 4) is 0 Å². The first-order valence-electron chi connectivity index (χ1n) is 5.89. The summed E-state index contributed by atoms with van der Waals surface area (Å²) in [4.78, 5) is 13.5. The van der Waals surface area contributed by atoms with Crippen LogP contribution in [0.2, 0.25) is 0 Å². The number of anilines is 2. The topological polar surface area (TPSA) is 46.3 Å². The van der Waals surface area contributed by atoms with Crippen LogP contribution < -0.4 is 10.6 Å². The number of rotatable bonds is 2. The van der Waals surface area contributed by atoms with Gasteiger partial charge in [-0.15, -0.1) is 0 Å². The summed E-state index contributed by atoms with van der Waals surface area (Å²) in [6.07, 6.45) is 0. The number of carbonyl (C=O) groups excluding carboxylic acids is 1. The van der Waals surface area contributed by atoms with Gasteiger partial charge in [0.25, 0.3) is 5.91 Å². The van der Waals surface area contributed by atoms with Crippen molar-refractivity contribution in [1.29, 1.82) is 0 Å². The van der Waals surface area contributed by atoms with Crippen LogP contribution in [0.1, 0.15) is 15.9 Å². The molecule has 0 aromatic heterocycles. The molecule has 19 heavy (non-hydrogen) atoms. The Morgan fingerprint density at radius 1 is 1.21 bits per heavy atom. The third-order valence-corrected chi connectivity index (χ3v) is 3.04. The summed E-state index contributed by atoms with van der Waals surface area (Å²) >= 11 is 0. The van der Waals surface area contributed by atoms with Gasteiger partial charge in [0.1, 0.15) is 5.82 Å². The molecule has 2 rings (SSSR count). The largest absolute Gasteiger partial charge is 0.398 e. The van der Waals surface area contributed by atoms with Crippen molar-refractivity contribution in [2.75, 3.05) is 17.7 Å². The van der Waals surface area contributed by atoms with Crippen LogP contribution in [0, 0.1) is 12.7 Å². The van der Waals surface area contributed by atoms with Crippen molar-refractivity contribution < 1.29 is 9.18 Å². The standard InChI is InChI=1S/C15H15FN2O/c1-10-7-8-11(9-13(10)17)15(19)18(2)14-6-4-3-5-12(14)16/h3-9H,17H2,1-2H3. The van der Waals surface area contributed by atoms with Crippen LogP contribution in [0.3, 0.4) is 0 Å². The van der Waals surface area contributed by atoms with E-state index < -0.39 is 5.82 Å². The number of hydrogen-bond donors (Lipinski definition) is 1. The number of nitrogens with two attached hydrogens (primary N) is 1. The molecule has 0 aliphatic rings. The number of aryl methyl sites for hydroxylation is 1. The molecule has 1 amide bonds. The number of amides is 1. The molecule has 98 valence electrons. The SMILES string of the molecule is Cc1ccc(C(=O)N(C)c2ccccc2F)cc1N. The fourth-order valence-corrected chi connectivity index (χ4v) is 1.80. The van der Waals surface area contributed by atoms with Gasteiger partial charge in [-0.3, -0.25) is 4.79 Å². The van der Waals surface area contributed by atoms with Gasteiger partial charge in [0.05, 0.1) is 5.69 Å². The predicted octanol–water partition coefficient (Wildman–Crippen LogP) is 2.99. The summed E-state index contributed by atoms with van der Waals surface area (Å²) < 4.78 is 13.6. The summed E-state index contributed by atoms with van der Waals surface area (Å²) in [5, 5.41) is 0. The van der Waals surface area contributed by atoms with Crippen molar-refractivity contribution >= 4 is 17.3 Å². The number of nitrogen functional groups attached to an aromatic ring is 1. The monoisotopic (exact) mass is 258 g/mol. The van der Waals surface area contributed by atoms with Crippen molar-refractivity contribution in [3.05, 3.63) is 59.4 Å². The fourth-order valence-electron chi connectivity index (χ4n) is 1.80. The minimum atomic E-state index is -0.432. The lowest BCUT2D eigenvalue weighted by Gasteiger charge is -2.18. The molecule has 0 aliphatic carbocycles. The van der Waals surface area contributed by atoms with Gasteiger partial charge in [-0.05, 0) is 36.8 Å². The molecular weight excluding hydrogens is 243 g/mol. The van der Waals surface area contributed by atoms with Crippen LogP contribution in [-0.4, -0.2) is 13.0 Å². The molecule has 0 saturated carbocycles. The summed E-state index contributed by atoms with van der Waals surface area (Å²) in [5.41, 5.74) is 7.92. The van der Waals surface area contributed by atoms with Crippen molar-refractivity contribution in [2.45, 2.75) is 6.92 Å². The Morgan fingerprint density at radius 3 is 2.53 bits per heavy atom. The van der Waals surface area contributed by atoms with E-state index in [9.17, 15) is 9.18 Å². The average molecular weight is 258 g/mol. The summed E-state index contributed by atoms with van der Waals surface area (Å²) in [5.74, 6) is -0.727. The highest BCUT2D eigenvalue weighted by Gasteiger charge is 2.16. The number of benzene rings is 2. The predicted molar refractivity (Wildman–Crippen MR) is 74.7 cm³/mol. The van der Waals surface area contributed by atoms with Gasteiger partial charge in [-0.1, -0.05) is 18.2 Å². The lowest BCUT2D eigenvalue weighted by Crippen LogP contribution is -2.27. The summed E-state index contributed by atoms with van der Waals surface area (Å²) in [6.45, 7) is 1.87. The van der Waals surface area contributed by atoms with Crippen LogP contribution in [0.15, 0.2) is 42.5 Å². The molecule has 3 nitrogen and oxygen atoms in total. The maximum atomic E-state index is 13.6. The van der Waals surface area contributed by atoms with Gasteiger partial charge >= 0.3 is 0 Å².